The van der Waals surface area contributed by atoms with Gasteiger partial charge >= 0.3 is 29.8 Å². The van der Waals surface area contributed by atoms with Crippen molar-refractivity contribution in [3.63, 3.8) is 0 Å². The Kier molecular flexibility index (Phi) is 14.3. The first kappa shape index (κ1) is 59.3. The van der Waals surface area contributed by atoms with E-state index in [1.807, 2.05) is 0 Å². The van der Waals surface area contributed by atoms with Gasteiger partial charge in [0.2, 0.25) is 29.3 Å². The summed E-state index contributed by atoms with van der Waals surface area (Å²) in [5, 5.41) is 222. The molecule has 11 rings (SSSR count). The topological polar surface area (TPSA) is 555 Å². The highest BCUT2D eigenvalue weighted by molar-refractivity contribution is 6.12. The molecule has 464 valence electrons. The number of ether oxygens (including phenoxy) is 7. The van der Waals surface area contributed by atoms with Gasteiger partial charge in [-0.05, 0) is 36.4 Å². The maximum Gasteiger partial charge on any atom is 0.339 e. The molecule has 10 atom stereocenters. The third kappa shape index (κ3) is 9.24. The molecule has 20 N–H and O–H groups in total. The Labute approximate surface area is 492 Å². The minimum Gasteiger partial charge on any atom is -0.507 e. The molecule has 2 bridgehead atoms. The van der Waals surface area contributed by atoms with Crippen molar-refractivity contribution in [2.75, 3.05) is 13.2 Å². The second kappa shape index (κ2) is 21.5. The average molecular weight is 1240 g/mol. The highest BCUT2D eigenvalue weighted by atomic mass is 16.7. The predicted molar refractivity (Wildman–Crippen MR) is 284 cm³/mol. The normalized spacial score (nSPS) is 23.1. The van der Waals surface area contributed by atoms with Crippen LogP contribution in [0.3, 0.4) is 0 Å². The van der Waals surface area contributed by atoms with E-state index in [1.54, 1.807) is 0 Å². The SMILES string of the molecule is O=C(OC1COC(=O)c2cc(O)c(O)c(O)c2-c2c(cc(O)c(O)c2O)C(=O)O[C@H]1[C@@H]1OC(=O)c2cc(O)c(O)c(O)c2-c2c(O)c(O)c(O)c3c2C(=O)O[C@H]1[C@H]3c1cc(O[C@@H]2O[C@H](CO)[C@@H](O)[C@H](O)[C@H]2O)c2ccccc2c1O)c1cc(O)c(O)c(O)c1. The molecule has 7 aromatic carbocycles. The number of carbonyl (C=O) groups excluding carboxylic acids is 5. The van der Waals surface area contributed by atoms with E-state index in [1.165, 1.54) is 24.3 Å². The van der Waals surface area contributed by atoms with Crippen molar-refractivity contribution in [2.24, 2.45) is 0 Å². The van der Waals surface area contributed by atoms with Crippen LogP contribution in [0.1, 0.15) is 68.8 Å². The maximum absolute atomic E-state index is 15.4. The van der Waals surface area contributed by atoms with Crippen molar-refractivity contribution in [3.05, 3.63) is 99.6 Å². The molecular formula is C57H44O32. The van der Waals surface area contributed by atoms with Gasteiger partial charge in [0, 0.05) is 44.2 Å². The molecule has 7 aromatic rings. The van der Waals surface area contributed by atoms with E-state index >= 15 is 14.4 Å². The van der Waals surface area contributed by atoms with Gasteiger partial charge in [0.1, 0.15) is 42.5 Å². The summed E-state index contributed by atoms with van der Waals surface area (Å²) in [5.74, 6) is -35.0. The van der Waals surface area contributed by atoms with E-state index in [0.717, 1.165) is 6.07 Å². The average Bonchev–Trinajstić information content (AvgIpc) is 0.890. The van der Waals surface area contributed by atoms with Gasteiger partial charge in [-0.25, -0.2) is 24.0 Å². The Hall–Kier alpha value is -11.5. The van der Waals surface area contributed by atoms with Gasteiger partial charge in [-0.3, -0.25) is 0 Å². The second-order valence-corrected chi connectivity index (χ2v) is 20.4. The molecule has 0 spiro atoms. The molecule has 0 radical (unpaired) electrons. The van der Waals surface area contributed by atoms with Crippen LogP contribution in [0.2, 0.25) is 0 Å². The van der Waals surface area contributed by atoms with Crippen LogP contribution in [0.15, 0.2) is 60.7 Å². The lowest BCUT2D eigenvalue weighted by atomic mass is 9.74. The number of benzene rings is 7. The van der Waals surface area contributed by atoms with E-state index in [0.29, 0.717) is 30.3 Å². The Bertz CT molecular complexity index is 4210. The number of phenols is 16. The van der Waals surface area contributed by atoms with Gasteiger partial charge in [-0.1, -0.05) is 24.3 Å². The summed E-state index contributed by atoms with van der Waals surface area (Å²) in [5.41, 5.74) is -12.4. The summed E-state index contributed by atoms with van der Waals surface area (Å²) in [6, 6.07) is 8.05. The number of carbonyl (C=O) groups is 5. The van der Waals surface area contributed by atoms with Crippen molar-refractivity contribution < 1.29 is 159 Å². The van der Waals surface area contributed by atoms with Crippen LogP contribution in [-0.4, -0.2) is 200 Å². The van der Waals surface area contributed by atoms with Gasteiger partial charge in [-0.15, -0.1) is 0 Å². The number of hydrogen-bond acceptors (Lipinski definition) is 32. The standard InChI is InChI=1S/C57H44O32/c58-11-26-40(69)46(75)48(77)57(86-26)85-25-10-16(35(64)15-4-2-1-3-14(15)25)31-33-34-32(44(73)47(76)45(33)74)30-19(9-24(63)39(68)43(30)72)55(81)89-51(50(31)88-56(34)82)49-27(84-52(78)13-5-20(59)36(65)21(60)6-13)12-83-53(79)17-7-22(61)37(66)41(70)28(17)29-18(54(80)87-49)8-23(62)38(67)42(29)71/h1-10,26-27,31,40,46,48-51,57-77H,11-12H2/t26-,27?,31+,40-,46+,48-,49-,50+,51+,57-/m1/s1. The number of aliphatic hydroxyl groups excluding tert-OH is 4. The van der Waals surface area contributed by atoms with Crippen LogP contribution in [0.5, 0.6) is 97.7 Å². The fourth-order valence-corrected chi connectivity index (χ4v) is 11.0. The van der Waals surface area contributed by atoms with E-state index in [9.17, 15) is 112 Å². The largest absolute Gasteiger partial charge is 0.507 e. The number of aromatic hydroxyl groups is 16. The summed E-state index contributed by atoms with van der Waals surface area (Å²) >= 11 is 0. The highest BCUT2D eigenvalue weighted by Gasteiger charge is 2.56. The highest BCUT2D eigenvalue weighted by Crippen LogP contribution is 2.61. The molecule has 0 saturated carbocycles. The lowest BCUT2D eigenvalue weighted by molar-refractivity contribution is -0.277. The van der Waals surface area contributed by atoms with Crippen LogP contribution in [0, 0.1) is 0 Å². The number of phenolic OH excluding ortho intramolecular Hbond substituents is 16. The van der Waals surface area contributed by atoms with Crippen molar-refractivity contribution in [1.82, 2.24) is 0 Å². The van der Waals surface area contributed by atoms with Crippen LogP contribution in [0.25, 0.3) is 33.0 Å². The molecule has 0 amide bonds. The molecular weight excluding hydrogens is 1200 g/mol. The van der Waals surface area contributed by atoms with Crippen molar-refractivity contribution in [2.45, 2.75) is 61.0 Å². The first-order chi connectivity index (χ1) is 42.1. The zero-order valence-electron chi connectivity index (χ0n) is 44.3. The van der Waals surface area contributed by atoms with Crippen molar-refractivity contribution in [3.8, 4) is 120 Å². The molecule has 4 aliphatic rings. The van der Waals surface area contributed by atoms with Gasteiger partial charge in [0.25, 0.3) is 0 Å². The Morgan fingerprint density at radius 3 is 1.51 bits per heavy atom. The fraction of sp³-hybridized carbons (Fsp3) is 0.211. The van der Waals surface area contributed by atoms with Crippen LogP contribution >= 0.6 is 0 Å². The van der Waals surface area contributed by atoms with Crippen LogP contribution in [-0.2, 0) is 28.4 Å². The first-order valence-corrected chi connectivity index (χ1v) is 25.7. The molecule has 32 heteroatoms. The summed E-state index contributed by atoms with van der Waals surface area (Å²) < 4.78 is 41.1. The summed E-state index contributed by atoms with van der Waals surface area (Å²) in [6.07, 6.45) is -21.3. The molecule has 0 aliphatic carbocycles. The monoisotopic (exact) mass is 1240 g/mol. The number of aliphatic hydroxyl groups is 4. The molecule has 89 heavy (non-hydrogen) atoms. The summed E-state index contributed by atoms with van der Waals surface area (Å²) in [4.78, 5) is 74.8. The summed E-state index contributed by atoms with van der Waals surface area (Å²) in [6.45, 7) is -2.60. The Morgan fingerprint density at radius 1 is 0.472 bits per heavy atom. The van der Waals surface area contributed by atoms with Gasteiger partial charge in [0.15, 0.2) is 87.7 Å². The first-order valence-electron chi connectivity index (χ1n) is 25.7. The Balaban J connectivity index is 1.24. The molecule has 1 saturated heterocycles. The molecule has 4 aliphatic heterocycles. The summed E-state index contributed by atoms with van der Waals surface area (Å²) in [7, 11) is 0. The smallest absolute Gasteiger partial charge is 0.339 e. The van der Waals surface area contributed by atoms with E-state index in [4.69, 9.17) is 33.2 Å². The number of rotatable bonds is 7. The van der Waals surface area contributed by atoms with Gasteiger partial charge < -0.3 is 135 Å². The predicted octanol–water partition coefficient (Wildman–Crippen LogP) is 1.47. The molecule has 32 nitrogen and oxygen atoms in total. The van der Waals surface area contributed by atoms with Crippen molar-refractivity contribution in [1.29, 1.82) is 0 Å². The lowest BCUT2D eigenvalue weighted by Crippen LogP contribution is -2.60. The third-order valence-electron chi connectivity index (χ3n) is 15.3. The van der Waals surface area contributed by atoms with Gasteiger partial charge in [0.05, 0.1) is 40.3 Å². The van der Waals surface area contributed by atoms with E-state index in [-0.39, 0.29) is 10.8 Å². The van der Waals surface area contributed by atoms with Crippen LogP contribution in [0.4, 0.5) is 0 Å². The zero-order valence-corrected chi connectivity index (χ0v) is 44.3. The lowest BCUT2D eigenvalue weighted by Gasteiger charge is -2.43. The number of fused-ring (bicyclic) bond motifs is 8. The second-order valence-electron chi connectivity index (χ2n) is 20.4. The molecule has 0 aromatic heterocycles. The third-order valence-corrected chi connectivity index (χ3v) is 15.3. The molecule has 1 fully saturated rings. The quantitative estimate of drug-likeness (QED) is 0.0610. The molecule has 1 unspecified atom stereocenters. The minimum atomic E-state index is -2.98. The maximum atomic E-state index is 15.4. The number of cyclic esters (lactones) is 3. The van der Waals surface area contributed by atoms with E-state index in [2.05, 4.69) is 0 Å². The fourth-order valence-electron chi connectivity index (χ4n) is 11.0. The van der Waals surface area contributed by atoms with Gasteiger partial charge in [-0.2, -0.15) is 0 Å². The number of esters is 5. The minimum absolute atomic E-state index is 0.130. The number of hydrogen-bond donors (Lipinski definition) is 20. The van der Waals surface area contributed by atoms with Crippen LogP contribution < -0.4 is 4.74 Å². The Morgan fingerprint density at radius 2 is 0.955 bits per heavy atom. The van der Waals surface area contributed by atoms with Crippen molar-refractivity contribution >= 4 is 40.6 Å². The molecule has 4 heterocycles. The van der Waals surface area contributed by atoms with E-state index < -0.39 is 263 Å². The zero-order chi connectivity index (χ0) is 64.4.